The summed E-state index contributed by atoms with van der Waals surface area (Å²) < 4.78 is 5.59. The highest BCUT2D eigenvalue weighted by Crippen LogP contribution is 2.32. The standard InChI is InChI=1S/C14H22N2O2/c1-2-6-18-13-5-3-4-12(14(13)15)16-9-10-7-11(17)8-10/h3-5,10-11,16-17H,2,6-9,15H2,1H3. The molecular formula is C14H22N2O2. The number of hydrogen-bond acceptors (Lipinski definition) is 4. The van der Waals surface area contributed by atoms with Crippen molar-refractivity contribution in [2.24, 2.45) is 5.92 Å². The fraction of sp³-hybridized carbons (Fsp3) is 0.571. The van der Waals surface area contributed by atoms with Crippen LogP contribution in [0.5, 0.6) is 5.75 Å². The number of ether oxygens (including phenoxy) is 1. The Balaban J connectivity index is 1.91. The number of para-hydroxylation sites is 1. The Kier molecular flexibility index (Phi) is 4.31. The predicted octanol–water partition coefficient (Wildman–Crippen LogP) is 2.24. The van der Waals surface area contributed by atoms with Crippen LogP contribution < -0.4 is 15.8 Å². The molecule has 1 saturated carbocycles. The van der Waals surface area contributed by atoms with Crippen molar-refractivity contribution >= 4 is 11.4 Å². The monoisotopic (exact) mass is 250 g/mol. The van der Waals surface area contributed by atoms with Crippen molar-refractivity contribution in [3.8, 4) is 5.75 Å². The van der Waals surface area contributed by atoms with E-state index < -0.39 is 0 Å². The lowest BCUT2D eigenvalue weighted by molar-refractivity contribution is 0.0487. The fourth-order valence-corrected chi connectivity index (χ4v) is 2.16. The molecule has 0 heterocycles. The van der Waals surface area contributed by atoms with E-state index in [2.05, 4.69) is 12.2 Å². The van der Waals surface area contributed by atoms with Gasteiger partial charge in [0.25, 0.3) is 0 Å². The van der Waals surface area contributed by atoms with Gasteiger partial charge in [0, 0.05) is 6.54 Å². The smallest absolute Gasteiger partial charge is 0.144 e. The van der Waals surface area contributed by atoms with Crippen LogP contribution in [0.1, 0.15) is 26.2 Å². The second-order valence-corrected chi connectivity index (χ2v) is 4.94. The lowest BCUT2D eigenvalue weighted by atomic mass is 9.82. The Bertz CT molecular complexity index is 389. The first-order chi connectivity index (χ1) is 8.70. The maximum atomic E-state index is 9.24. The molecule has 0 amide bonds. The average Bonchev–Trinajstić information content (AvgIpc) is 2.33. The van der Waals surface area contributed by atoms with E-state index in [0.717, 1.165) is 37.2 Å². The Morgan fingerprint density at radius 2 is 2.22 bits per heavy atom. The van der Waals surface area contributed by atoms with Gasteiger partial charge < -0.3 is 20.9 Å². The molecule has 0 saturated heterocycles. The number of benzene rings is 1. The molecule has 2 rings (SSSR count). The van der Waals surface area contributed by atoms with E-state index in [1.54, 1.807) is 0 Å². The van der Waals surface area contributed by atoms with Gasteiger partial charge in [-0.3, -0.25) is 0 Å². The van der Waals surface area contributed by atoms with E-state index in [1.165, 1.54) is 0 Å². The van der Waals surface area contributed by atoms with E-state index in [4.69, 9.17) is 10.5 Å². The van der Waals surface area contributed by atoms with Crippen molar-refractivity contribution in [2.75, 3.05) is 24.2 Å². The molecule has 0 unspecified atom stereocenters. The van der Waals surface area contributed by atoms with Gasteiger partial charge in [-0.25, -0.2) is 0 Å². The van der Waals surface area contributed by atoms with Crippen LogP contribution in [0.2, 0.25) is 0 Å². The van der Waals surface area contributed by atoms with Crippen molar-refractivity contribution in [1.29, 1.82) is 0 Å². The van der Waals surface area contributed by atoms with Crippen molar-refractivity contribution in [3.63, 3.8) is 0 Å². The number of aliphatic hydroxyl groups is 1. The maximum absolute atomic E-state index is 9.24. The van der Waals surface area contributed by atoms with Gasteiger partial charge in [-0.05, 0) is 37.3 Å². The molecule has 100 valence electrons. The molecule has 0 bridgehead atoms. The third kappa shape index (κ3) is 3.07. The SMILES string of the molecule is CCCOc1cccc(NCC2CC(O)C2)c1N. The summed E-state index contributed by atoms with van der Waals surface area (Å²) in [5.41, 5.74) is 7.65. The largest absolute Gasteiger partial charge is 0.491 e. The quantitative estimate of drug-likeness (QED) is 0.677. The molecule has 0 atom stereocenters. The molecular weight excluding hydrogens is 228 g/mol. The number of anilines is 2. The van der Waals surface area contributed by atoms with E-state index in [-0.39, 0.29) is 6.10 Å². The number of aliphatic hydroxyl groups excluding tert-OH is 1. The van der Waals surface area contributed by atoms with Crippen molar-refractivity contribution in [2.45, 2.75) is 32.3 Å². The summed E-state index contributed by atoms with van der Waals surface area (Å²) in [5, 5.41) is 12.6. The molecule has 0 aromatic heterocycles. The summed E-state index contributed by atoms with van der Waals surface area (Å²) in [6.07, 6.45) is 2.64. The van der Waals surface area contributed by atoms with Gasteiger partial charge in [-0.1, -0.05) is 13.0 Å². The number of nitrogens with one attached hydrogen (secondary N) is 1. The molecule has 1 aliphatic carbocycles. The molecule has 4 nitrogen and oxygen atoms in total. The van der Waals surface area contributed by atoms with E-state index in [0.29, 0.717) is 18.2 Å². The van der Waals surface area contributed by atoms with Crippen LogP contribution in [0.4, 0.5) is 11.4 Å². The van der Waals surface area contributed by atoms with Crippen LogP contribution in [0.3, 0.4) is 0 Å². The first-order valence-corrected chi connectivity index (χ1v) is 6.64. The van der Waals surface area contributed by atoms with Gasteiger partial charge in [0.1, 0.15) is 5.75 Å². The van der Waals surface area contributed by atoms with Crippen LogP contribution >= 0.6 is 0 Å². The summed E-state index contributed by atoms with van der Waals surface area (Å²) in [5.74, 6) is 1.30. The molecule has 0 spiro atoms. The first kappa shape index (κ1) is 13.0. The first-order valence-electron chi connectivity index (χ1n) is 6.64. The number of nitrogens with two attached hydrogens (primary N) is 1. The fourth-order valence-electron chi connectivity index (χ4n) is 2.16. The molecule has 1 aliphatic rings. The second-order valence-electron chi connectivity index (χ2n) is 4.94. The van der Waals surface area contributed by atoms with E-state index in [1.807, 2.05) is 18.2 Å². The van der Waals surface area contributed by atoms with Crippen molar-refractivity contribution in [1.82, 2.24) is 0 Å². The van der Waals surface area contributed by atoms with Gasteiger partial charge >= 0.3 is 0 Å². The molecule has 0 aliphatic heterocycles. The van der Waals surface area contributed by atoms with Gasteiger partial charge in [0.15, 0.2) is 0 Å². The Morgan fingerprint density at radius 1 is 1.44 bits per heavy atom. The highest BCUT2D eigenvalue weighted by molar-refractivity contribution is 5.72. The van der Waals surface area contributed by atoms with E-state index in [9.17, 15) is 5.11 Å². The Hall–Kier alpha value is -1.42. The number of nitrogen functional groups attached to an aromatic ring is 1. The van der Waals surface area contributed by atoms with Crippen LogP contribution in [-0.4, -0.2) is 24.4 Å². The topological polar surface area (TPSA) is 67.5 Å². The molecule has 1 aromatic rings. The van der Waals surface area contributed by atoms with Crippen LogP contribution in [0, 0.1) is 5.92 Å². The summed E-state index contributed by atoms with van der Waals surface area (Å²) in [7, 11) is 0. The van der Waals surface area contributed by atoms with E-state index >= 15 is 0 Å². The summed E-state index contributed by atoms with van der Waals surface area (Å²) in [6, 6.07) is 5.80. The van der Waals surface area contributed by atoms with Crippen molar-refractivity contribution in [3.05, 3.63) is 18.2 Å². The minimum absolute atomic E-state index is 0.103. The predicted molar refractivity (Wildman–Crippen MR) is 73.9 cm³/mol. The zero-order valence-corrected chi connectivity index (χ0v) is 10.9. The number of rotatable bonds is 6. The average molecular weight is 250 g/mol. The molecule has 4 N–H and O–H groups in total. The summed E-state index contributed by atoms with van der Waals surface area (Å²) in [6.45, 7) is 3.61. The normalized spacial score (nSPS) is 22.3. The minimum Gasteiger partial charge on any atom is -0.491 e. The Labute approximate surface area is 108 Å². The van der Waals surface area contributed by atoms with Crippen LogP contribution in [-0.2, 0) is 0 Å². The van der Waals surface area contributed by atoms with Gasteiger partial charge in [0.05, 0.1) is 24.1 Å². The van der Waals surface area contributed by atoms with Gasteiger partial charge in [-0.2, -0.15) is 0 Å². The molecule has 0 radical (unpaired) electrons. The second kappa shape index (κ2) is 5.96. The lowest BCUT2D eigenvalue weighted by Gasteiger charge is -2.31. The van der Waals surface area contributed by atoms with Crippen LogP contribution in [0.15, 0.2) is 18.2 Å². The van der Waals surface area contributed by atoms with Crippen molar-refractivity contribution < 1.29 is 9.84 Å². The zero-order chi connectivity index (χ0) is 13.0. The number of hydrogen-bond donors (Lipinski definition) is 3. The van der Waals surface area contributed by atoms with Gasteiger partial charge in [-0.15, -0.1) is 0 Å². The summed E-state index contributed by atoms with van der Waals surface area (Å²) in [4.78, 5) is 0. The highest BCUT2D eigenvalue weighted by Gasteiger charge is 2.26. The maximum Gasteiger partial charge on any atom is 0.144 e. The molecule has 1 fully saturated rings. The third-order valence-corrected chi connectivity index (χ3v) is 3.32. The van der Waals surface area contributed by atoms with Crippen LogP contribution in [0.25, 0.3) is 0 Å². The molecule has 18 heavy (non-hydrogen) atoms. The van der Waals surface area contributed by atoms with Gasteiger partial charge in [0.2, 0.25) is 0 Å². The summed E-state index contributed by atoms with van der Waals surface area (Å²) >= 11 is 0. The molecule has 1 aromatic carbocycles. The molecule has 4 heteroatoms. The minimum atomic E-state index is -0.103. The Morgan fingerprint density at radius 3 is 2.89 bits per heavy atom. The zero-order valence-electron chi connectivity index (χ0n) is 10.9. The third-order valence-electron chi connectivity index (χ3n) is 3.32. The lowest BCUT2D eigenvalue weighted by Crippen LogP contribution is -2.33. The highest BCUT2D eigenvalue weighted by atomic mass is 16.5.